The van der Waals surface area contributed by atoms with Crippen LogP contribution in [0, 0.1) is 5.92 Å². The molecule has 2 rings (SSSR count). The molecule has 0 spiro atoms. The van der Waals surface area contributed by atoms with E-state index in [2.05, 4.69) is 4.90 Å². The molecule has 0 saturated heterocycles. The molecule has 1 aromatic rings. The first-order valence-corrected chi connectivity index (χ1v) is 7.34. The van der Waals surface area contributed by atoms with Crippen molar-refractivity contribution in [3.05, 3.63) is 29.8 Å². The lowest BCUT2D eigenvalue weighted by molar-refractivity contribution is 0.0751. The molecule has 1 aromatic carbocycles. The van der Waals surface area contributed by atoms with Crippen LogP contribution in [0.15, 0.2) is 24.3 Å². The molecular weight excluding hydrogens is 272 g/mol. The Labute approximate surface area is 125 Å². The second-order valence-electron chi connectivity index (χ2n) is 5.52. The van der Waals surface area contributed by atoms with Crippen LogP contribution >= 0.6 is 12.2 Å². The van der Waals surface area contributed by atoms with E-state index in [0.29, 0.717) is 23.9 Å². The Hall–Kier alpha value is -1.17. The molecule has 1 fully saturated rings. The maximum atomic E-state index is 9.95. The minimum absolute atomic E-state index is 0.293. The maximum absolute atomic E-state index is 9.95. The van der Waals surface area contributed by atoms with Gasteiger partial charge in [-0.3, -0.25) is 0 Å². The predicted octanol–water partition coefficient (Wildman–Crippen LogP) is 1.40. The molecule has 1 aliphatic rings. The average molecular weight is 294 g/mol. The van der Waals surface area contributed by atoms with Gasteiger partial charge < -0.3 is 20.5 Å². The summed E-state index contributed by atoms with van der Waals surface area (Å²) < 4.78 is 5.56. The number of nitrogens with two attached hydrogens (primary N) is 1. The lowest BCUT2D eigenvalue weighted by atomic mass is 10.2. The van der Waals surface area contributed by atoms with Crippen molar-refractivity contribution in [1.82, 2.24) is 4.90 Å². The monoisotopic (exact) mass is 294 g/mol. The number of aliphatic hydroxyl groups excluding tert-OH is 1. The number of likely N-dealkylation sites (N-methyl/N-ethyl adjacent to an activating group) is 1. The van der Waals surface area contributed by atoms with Crippen LogP contribution in [0.4, 0.5) is 0 Å². The van der Waals surface area contributed by atoms with Crippen molar-refractivity contribution in [2.24, 2.45) is 11.7 Å². The van der Waals surface area contributed by atoms with E-state index in [4.69, 9.17) is 22.7 Å². The van der Waals surface area contributed by atoms with Gasteiger partial charge in [-0.2, -0.15) is 0 Å². The summed E-state index contributed by atoms with van der Waals surface area (Å²) in [5.41, 5.74) is 6.35. The lowest BCUT2D eigenvalue weighted by Gasteiger charge is -2.20. The molecule has 0 bridgehead atoms. The van der Waals surface area contributed by atoms with Crippen molar-refractivity contribution in [3.8, 4) is 5.75 Å². The lowest BCUT2D eigenvalue weighted by Crippen LogP contribution is -2.34. The molecule has 0 amide bonds. The highest BCUT2D eigenvalue weighted by atomic mass is 32.1. The molecule has 4 nitrogen and oxygen atoms in total. The smallest absolute Gasteiger partial charge is 0.119 e. The molecule has 0 aromatic heterocycles. The highest BCUT2D eigenvalue weighted by molar-refractivity contribution is 7.80. The third-order valence-corrected chi connectivity index (χ3v) is 3.61. The minimum Gasteiger partial charge on any atom is -0.491 e. The molecule has 5 heteroatoms. The van der Waals surface area contributed by atoms with Crippen molar-refractivity contribution < 1.29 is 9.84 Å². The van der Waals surface area contributed by atoms with Crippen molar-refractivity contribution >= 4 is 17.2 Å². The summed E-state index contributed by atoms with van der Waals surface area (Å²) in [5, 5.41) is 9.95. The summed E-state index contributed by atoms with van der Waals surface area (Å²) in [6.45, 7) is 2.00. The van der Waals surface area contributed by atoms with Gasteiger partial charge in [-0.25, -0.2) is 0 Å². The SMILES string of the molecule is CN(CC(O)COc1ccc(C(N)=S)cc1)CC1CC1. The van der Waals surface area contributed by atoms with Crippen LogP contribution in [0.3, 0.4) is 0 Å². The number of ether oxygens (including phenoxy) is 1. The summed E-state index contributed by atoms with van der Waals surface area (Å²) in [6, 6.07) is 7.27. The molecule has 0 radical (unpaired) electrons. The third-order valence-electron chi connectivity index (χ3n) is 3.37. The molecular formula is C15H22N2O2S. The fourth-order valence-corrected chi connectivity index (χ4v) is 2.27. The number of aliphatic hydroxyl groups is 1. The fourth-order valence-electron chi connectivity index (χ4n) is 2.14. The molecule has 20 heavy (non-hydrogen) atoms. The number of thiocarbonyl (C=S) groups is 1. The predicted molar refractivity (Wildman–Crippen MR) is 84.1 cm³/mol. The van der Waals surface area contributed by atoms with E-state index < -0.39 is 6.10 Å². The number of hydrogen-bond donors (Lipinski definition) is 2. The summed E-state index contributed by atoms with van der Waals surface area (Å²) in [5.74, 6) is 1.55. The number of nitrogens with zero attached hydrogens (tertiary/aromatic N) is 1. The van der Waals surface area contributed by atoms with E-state index in [9.17, 15) is 5.11 Å². The molecule has 3 N–H and O–H groups in total. The second-order valence-corrected chi connectivity index (χ2v) is 5.96. The standard InChI is InChI=1S/C15H22N2O2S/c1-17(8-11-2-3-11)9-13(18)10-19-14-6-4-12(5-7-14)15(16)20/h4-7,11,13,18H,2-3,8-10H2,1H3,(H2,16,20). The Morgan fingerprint density at radius 2 is 2.10 bits per heavy atom. The molecule has 0 heterocycles. The first kappa shape index (κ1) is 15.2. The van der Waals surface area contributed by atoms with Crippen LogP contribution in [0.1, 0.15) is 18.4 Å². The van der Waals surface area contributed by atoms with Crippen LogP contribution in [-0.4, -0.2) is 47.8 Å². The van der Waals surface area contributed by atoms with Gasteiger partial charge in [0, 0.05) is 18.7 Å². The van der Waals surface area contributed by atoms with E-state index in [-0.39, 0.29) is 0 Å². The summed E-state index contributed by atoms with van der Waals surface area (Å²) >= 11 is 4.89. The zero-order chi connectivity index (χ0) is 14.5. The first-order valence-electron chi connectivity index (χ1n) is 6.94. The Morgan fingerprint density at radius 3 is 2.65 bits per heavy atom. The van der Waals surface area contributed by atoms with E-state index in [1.165, 1.54) is 12.8 Å². The Balaban J connectivity index is 1.71. The van der Waals surface area contributed by atoms with Gasteiger partial charge in [0.1, 0.15) is 23.4 Å². The molecule has 1 unspecified atom stereocenters. The average Bonchev–Trinajstić information content (AvgIpc) is 3.20. The Bertz CT molecular complexity index is 446. The van der Waals surface area contributed by atoms with Gasteiger partial charge in [0.05, 0.1) is 0 Å². The highest BCUT2D eigenvalue weighted by Gasteiger charge is 2.23. The van der Waals surface area contributed by atoms with Crippen molar-refractivity contribution in [3.63, 3.8) is 0 Å². The second kappa shape index (κ2) is 7.02. The Morgan fingerprint density at radius 1 is 1.45 bits per heavy atom. The van der Waals surface area contributed by atoms with Crippen LogP contribution < -0.4 is 10.5 Å². The quantitative estimate of drug-likeness (QED) is 0.710. The van der Waals surface area contributed by atoms with Gasteiger partial charge in [-0.1, -0.05) is 12.2 Å². The van der Waals surface area contributed by atoms with E-state index >= 15 is 0 Å². The van der Waals surface area contributed by atoms with Crippen molar-refractivity contribution in [1.29, 1.82) is 0 Å². The van der Waals surface area contributed by atoms with Gasteiger partial charge in [0.15, 0.2) is 0 Å². The third kappa shape index (κ3) is 5.07. The van der Waals surface area contributed by atoms with Crippen molar-refractivity contribution in [2.45, 2.75) is 18.9 Å². The molecule has 1 aliphatic carbocycles. The van der Waals surface area contributed by atoms with Gasteiger partial charge in [-0.05, 0) is 50.1 Å². The van der Waals surface area contributed by atoms with Crippen LogP contribution in [0.2, 0.25) is 0 Å². The molecule has 1 atom stereocenters. The number of rotatable bonds is 8. The van der Waals surface area contributed by atoms with E-state index in [0.717, 1.165) is 18.0 Å². The zero-order valence-corrected chi connectivity index (χ0v) is 12.6. The largest absolute Gasteiger partial charge is 0.491 e. The molecule has 0 aliphatic heterocycles. The topological polar surface area (TPSA) is 58.7 Å². The summed E-state index contributed by atoms with van der Waals surface area (Å²) in [7, 11) is 2.04. The van der Waals surface area contributed by atoms with E-state index in [1.807, 2.05) is 31.3 Å². The van der Waals surface area contributed by atoms with Gasteiger partial charge in [-0.15, -0.1) is 0 Å². The maximum Gasteiger partial charge on any atom is 0.119 e. The zero-order valence-electron chi connectivity index (χ0n) is 11.8. The van der Waals surface area contributed by atoms with Crippen LogP contribution in [0.25, 0.3) is 0 Å². The summed E-state index contributed by atoms with van der Waals surface area (Å²) in [4.78, 5) is 2.54. The van der Waals surface area contributed by atoms with Crippen LogP contribution in [-0.2, 0) is 0 Å². The van der Waals surface area contributed by atoms with Crippen molar-refractivity contribution in [2.75, 3.05) is 26.7 Å². The summed E-state index contributed by atoms with van der Waals surface area (Å²) in [6.07, 6.45) is 2.17. The van der Waals surface area contributed by atoms with E-state index in [1.54, 1.807) is 0 Å². The van der Waals surface area contributed by atoms with Gasteiger partial charge in [0.25, 0.3) is 0 Å². The van der Waals surface area contributed by atoms with Crippen LogP contribution in [0.5, 0.6) is 5.75 Å². The number of benzene rings is 1. The molecule has 1 saturated carbocycles. The first-order chi connectivity index (χ1) is 9.54. The fraction of sp³-hybridized carbons (Fsp3) is 0.533. The van der Waals surface area contributed by atoms with Gasteiger partial charge >= 0.3 is 0 Å². The molecule has 110 valence electrons. The highest BCUT2D eigenvalue weighted by Crippen LogP contribution is 2.29. The normalized spacial score (nSPS) is 16.1. The van der Waals surface area contributed by atoms with Gasteiger partial charge in [0.2, 0.25) is 0 Å². The number of hydrogen-bond acceptors (Lipinski definition) is 4. The minimum atomic E-state index is -0.478. The Kier molecular flexibility index (Phi) is 5.34.